The van der Waals surface area contributed by atoms with Crippen molar-refractivity contribution in [2.75, 3.05) is 0 Å². The maximum absolute atomic E-state index is 14.6. The molecule has 2 rings (SSSR count). The van der Waals surface area contributed by atoms with E-state index in [2.05, 4.69) is 11.7 Å². The van der Waals surface area contributed by atoms with Crippen LogP contribution < -0.4 is 9.47 Å². The van der Waals surface area contributed by atoms with E-state index in [1.165, 1.54) is 12.5 Å². The lowest BCUT2D eigenvalue weighted by Gasteiger charge is -2.20. The molecule has 0 radical (unpaired) electrons. The average molecular weight is 615 g/mol. The quantitative estimate of drug-likeness (QED) is 0.0721. The van der Waals surface area contributed by atoms with Crippen molar-refractivity contribution in [3.05, 3.63) is 59.2 Å². The fourth-order valence-corrected chi connectivity index (χ4v) is 4.24. The minimum absolute atomic E-state index is 0.112. The highest BCUT2D eigenvalue weighted by atomic mass is 19.4. The molecule has 0 amide bonds. The van der Waals surface area contributed by atoms with Gasteiger partial charge in [0.2, 0.25) is 0 Å². The first-order chi connectivity index (χ1) is 20.5. The Labute approximate surface area is 248 Å². The van der Waals surface area contributed by atoms with Gasteiger partial charge in [0.05, 0.1) is 11.1 Å². The lowest BCUT2D eigenvalue weighted by Crippen LogP contribution is -2.33. The Morgan fingerprint density at radius 3 is 1.95 bits per heavy atom. The number of carbonyl (C=O) groups excluding carboxylic acids is 3. The number of halogens is 5. The molecule has 0 aliphatic rings. The zero-order chi connectivity index (χ0) is 31.8. The number of hydrogen-bond acceptors (Lipinski definition) is 6. The standard InChI is InChI=1S/C32H39F5O6/c1-3-5-7-9-10-11-13-15-29(38)41-23-17-18-24(25(33)21-23)31(40)42-27-19-16-22(20-26(27)34)30(39)43-28(32(35,36)37)14-12-8-6-4-2/h16-21,28H,3-15H2,1-2H3. The summed E-state index contributed by atoms with van der Waals surface area (Å²) in [6.07, 6.45) is 2.05. The molecule has 0 fully saturated rings. The van der Waals surface area contributed by atoms with Crippen LogP contribution in [-0.4, -0.2) is 30.2 Å². The van der Waals surface area contributed by atoms with Crippen molar-refractivity contribution in [1.82, 2.24) is 0 Å². The van der Waals surface area contributed by atoms with E-state index in [-0.39, 0.29) is 18.6 Å². The van der Waals surface area contributed by atoms with Gasteiger partial charge in [-0.3, -0.25) is 4.79 Å². The van der Waals surface area contributed by atoms with E-state index >= 15 is 0 Å². The summed E-state index contributed by atoms with van der Waals surface area (Å²) in [4.78, 5) is 36.8. The molecule has 0 bridgehead atoms. The van der Waals surface area contributed by atoms with Gasteiger partial charge in [-0.05, 0) is 49.6 Å². The van der Waals surface area contributed by atoms with Crippen molar-refractivity contribution in [2.24, 2.45) is 0 Å². The Hall–Kier alpha value is -3.50. The average Bonchev–Trinajstić information content (AvgIpc) is 2.94. The lowest BCUT2D eigenvalue weighted by atomic mass is 10.1. The van der Waals surface area contributed by atoms with Gasteiger partial charge in [0, 0.05) is 12.5 Å². The molecule has 2 aromatic rings. The van der Waals surface area contributed by atoms with E-state index in [1.54, 1.807) is 0 Å². The smallest absolute Gasteiger partial charge is 0.425 e. The first kappa shape index (κ1) is 35.7. The summed E-state index contributed by atoms with van der Waals surface area (Å²) in [7, 11) is 0. The number of carbonyl (C=O) groups is 3. The van der Waals surface area contributed by atoms with E-state index in [0.717, 1.165) is 69.2 Å². The van der Waals surface area contributed by atoms with E-state index in [4.69, 9.17) is 9.47 Å². The minimum atomic E-state index is -4.79. The highest BCUT2D eigenvalue weighted by molar-refractivity contribution is 5.92. The minimum Gasteiger partial charge on any atom is -0.449 e. The molecule has 0 aromatic heterocycles. The summed E-state index contributed by atoms with van der Waals surface area (Å²) < 4.78 is 83.7. The fourth-order valence-electron chi connectivity index (χ4n) is 4.24. The zero-order valence-corrected chi connectivity index (χ0v) is 24.6. The molecular formula is C32H39F5O6. The van der Waals surface area contributed by atoms with Crippen molar-refractivity contribution < 1.29 is 50.5 Å². The summed E-state index contributed by atoms with van der Waals surface area (Å²) >= 11 is 0. The molecule has 0 aliphatic heterocycles. The topological polar surface area (TPSA) is 78.9 Å². The molecule has 2 aromatic carbocycles. The Kier molecular flexibility index (Phi) is 15.1. The second kappa shape index (κ2) is 18.2. The largest absolute Gasteiger partial charge is 0.449 e. The second-order valence-electron chi connectivity index (χ2n) is 10.3. The highest BCUT2D eigenvalue weighted by Crippen LogP contribution is 2.29. The van der Waals surface area contributed by atoms with Crippen LogP contribution in [0.5, 0.6) is 11.5 Å². The van der Waals surface area contributed by atoms with Crippen LogP contribution in [0.3, 0.4) is 0 Å². The van der Waals surface area contributed by atoms with Gasteiger partial charge in [0.1, 0.15) is 11.6 Å². The SMILES string of the molecule is CCCCCCCCCC(=O)Oc1ccc(C(=O)Oc2ccc(C(=O)OC(CCCCCC)C(F)(F)F)cc2F)c(F)c1. The van der Waals surface area contributed by atoms with E-state index in [0.29, 0.717) is 18.9 Å². The summed E-state index contributed by atoms with van der Waals surface area (Å²) in [5.74, 6) is -6.33. The van der Waals surface area contributed by atoms with Crippen molar-refractivity contribution in [2.45, 2.75) is 110 Å². The van der Waals surface area contributed by atoms with Gasteiger partial charge in [-0.15, -0.1) is 0 Å². The van der Waals surface area contributed by atoms with Crippen LogP contribution in [0, 0.1) is 11.6 Å². The molecule has 0 spiro atoms. The van der Waals surface area contributed by atoms with Gasteiger partial charge in [-0.1, -0.05) is 71.6 Å². The number of alkyl halides is 3. The Bertz CT molecular complexity index is 1200. The maximum atomic E-state index is 14.6. The molecule has 1 unspecified atom stereocenters. The Morgan fingerprint density at radius 1 is 0.721 bits per heavy atom. The number of hydrogen-bond donors (Lipinski definition) is 0. The predicted octanol–water partition coefficient (Wildman–Crippen LogP) is 9.29. The van der Waals surface area contributed by atoms with Crippen molar-refractivity contribution in [3.8, 4) is 11.5 Å². The summed E-state index contributed by atoms with van der Waals surface area (Å²) in [5, 5.41) is 0. The molecule has 6 nitrogen and oxygen atoms in total. The first-order valence-corrected chi connectivity index (χ1v) is 14.8. The molecule has 0 saturated heterocycles. The van der Waals surface area contributed by atoms with Crippen LogP contribution >= 0.6 is 0 Å². The van der Waals surface area contributed by atoms with Crippen LogP contribution in [0.2, 0.25) is 0 Å². The lowest BCUT2D eigenvalue weighted by molar-refractivity contribution is -0.206. The summed E-state index contributed by atoms with van der Waals surface area (Å²) in [6, 6.07) is 5.38. The van der Waals surface area contributed by atoms with Crippen molar-refractivity contribution in [3.63, 3.8) is 0 Å². The van der Waals surface area contributed by atoms with Crippen molar-refractivity contribution >= 4 is 17.9 Å². The summed E-state index contributed by atoms with van der Waals surface area (Å²) in [6.45, 7) is 4.04. The van der Waals surface area contributed by atoms with E-state index in [1.807, 2.05) is 6.92 Å². The van der Waals surface area contributed by atoms with Gasteiger partial charge in [-0.2, -0.15) is 13.2 Å². The van der Waals surface area contributed by atoms with Gasteiger partial charge in [0.25, 0.3) is 0 Å². The van der Waals surface area contributed by atoms with Gasteiger partial charge < -0.3 is 14.2 Å². The molecule has 11 heteroatoms. The molecule has 0 heterocycles. The molecule has 43 heavy (non-hydrogen) atoms. The molecule has 1 atom stereocenters. The molecule has 0 N–H and O–H groups in total. The van der Waals surface area contributed by atoms with Crippen LogP contribution in [0.25, 0.3) is 0 Å². The third-order valence-electron chi connectivity index (χ3n) is 6.68. The third kappa shape index (κ3) is 12.7. The number of benzene rings is 2. The maximum Gasteiger partial charge on any atom is 0.425 e. The Morgan fingerprint density at radius 2 is 1.35 bits per heavy atom. The van der Waals surface area contributed by atoms with Gasteiger partial charge in [0.15, 0.2) is 17.7 Å². The third-order valence-corrected chi connectivity index (χ3v) is 6.68. The van der Waals surface area contributed by atoms with Crippen LogP contribution in [-0.2, 0) is 9.53 Å². The monoisotopic (exact) mass is 614 g/mol. The number of rotatable bonds is 18. The molecule has 0 aliphatic carbocycles. The highest BCUT2D eigenvalue weighted by Gasteiger charge is 2.42. The van der Waals surface area contributed by atoms with E-state index < -0.39 is 65.1 Å². The molecule has 0 saturated carbocycles. The zero-order valence-electron chi connectivity index (χ0n) is 24.6. The Balaban J connectivity index is 1.94. The summed E-state index contributed by atoms with van der Waals surface area (Å²) in [5.41, 5.74) is -1.10. The normalized spacial score (nSPS) is 12.1. The number of esters is 3. The van der Waals surface area contributed by atoms with Crippen LogP contribution in [0.1, 0.15) is 118 Å². The molecular weight excluding hydrogens is 575 g/mol. The van der Waals surface area contributed by atoms with Crippen LogP contribution in [0.4, 0.5) is 22.0 Å². The van der Waals surface area contributed by atoms with Gasteiger partial charge in [-0.25, -0.2) is 18.4 Å². The fraction of sp³-hybridized carbons (Fsp3) is 0.531. The van der Waals surface area contributed by atoms with Crippen molar-refractivity contribution in [1.29, 1.82) is 0 Å². The number of ether oxygens (including phenoxy) is 3. The van der Waals surface area contributed by atoms with E-state index in [9.17, 15) is 36.3 Å². The van der Waals surface area contributed by atoms with Gasteiger partial charge >= 0.3 is 24.1 Å². The molecule has 238 valence electrons. The number of unbranched alkanes of at least 4 members (excludes halogenated alkanes) is 9. The first-order valence-electron chi connectivity index (χ1n) is 14.8. The second-order valence-corrected chi connectivity index (χ2v) is 10.3. The van der Waals surface area contributed by atoms with Crippen LogP contribution in [0.15, 0.2) is 36.4 Å². The predicted molar refractivity (Wildman–Crippen MR) is 150 cm³/mol.